The smallest absolute Gasteiger partial charge is 0.259 e. The number of hydrogen-bond donors (Lipinski definition) is 0. The number of aromatic nitrogens is 1. The number of amides is 1. The van der Waals surface area contributed by atoms with Gasteiger partial charge in [-0.2, -0.15) is 0 Å². The predicted octanol–water partition coefficient (Wildman–Crippen LogP) is 2.49. The van der Waals surface area contributed by atoms with Crippen LogP contribution in [0.3, 0.4) is 0 Å². The predicted molar refractivity (Wildman–Crippen MR) is 91.7 cm³/mol. The molecule has 0 aliphatic carbocycles. The minimum absolute atomic E-state index is 0.214. The van der Waals surface area contributed by atoms with Gasteiger partial charge in [-0.1, -0.05) is 18.2 Å². The highest BCUT2D eigenvalue weighted by atomic mass is 32.1. The average Bonchev–Trinajstić information content (AvgIpc) is 3.15. The van der Waals surface area contributed by atoms with E-state index < -0.39 is 11.4 Å². The number of benzene rings is 1. The van der Waals surface area contributed by atoms with E-state index in [1.54, 1.807) is 47.6 Å². The van der Waals surface area contributed by atoms with Gasteiger partial charge in [0.05, 0.1) is 0 Å². The summed E-state index contributed by atoms with van der Waals surface area (Å²) in [4.78, 5) is 21.2. The average molecular weight is 349 g/mol. The van der Waals surface area contributed by atoms with Gasteiger partial charge in [-0.15, -0.1) is 11.3 Å². The van der Waals surface area contributed by atoms with Crippen molar-refractivity contribution in [3.63, 3.8) is 0 Å². The molecular weight excluding hydrogens is 329 g/mol. The van der Waals surface area contributed by atoms with Crippen molar-refractivity contribution in [3.8, 4) is 0 Å². The summed E-state index contributed by atoms with van der Waals surface area (Å²) in [6.07, 6.45) is 1.78. The van der Waals surface area contributed by atoms with Crippen molar-refractivity contribution in [1.29, 1.82) is 0 Å². The van der Waals surface area contributed by atoms with Crippen LogP contribution in [-0.4, -0.2) is 49.1 Å². The number of halogens is 1. The highest BCUT2D eigenvalue weighted by molar-refractivity contribution is 7.13. The topological polar surface area (TPSA) is 45.7 Å². The van der Waals surface area contributed by atoms with Crippen molar-refractivity contribution >= 4 is 22.4 Å². The Bertz CT molecular complexity index is 702. The van der Waals surface area contributed by atoms with E-state index in [0.29, 0.717) is 26.2 Å². The van der Waals surface area contributed by atoms with E-state index in [1.165, 1.54) is 13.2 Å². The first-order valence-electron chi connectivity index (χ1n) is 7.80. The molecule has 5 nitrogen and oxygen atoms in total. The van der Waals surface area contributed by atoms with Gasteiger partial charge in [-0.3, -0.25) is 4.79 Å². The summed E-state index contributed by atoms with van der Waals surface area (Å²) in [6.45, 7) is 4.16. The Morgan fingerprint density at radius 2 is 2.00 bits per heavy atom. The molecule has 7 heteroatoms. The Hall–Kier alpha value is -1.99. The highest BCUT2D eigenvalue weighted by Gasteiger charge is 2.41. The molecule has 0 N–H and O–H groups in total. The molecule has 0 spiro atoms. The maximum atomic E-state index is 14.2. The van der Waals surface area contributed by atoms with Gasteiger partial charge in [-0.25, -0.2) is 9.37 Å². The molecule has 0 saturated carbocycles. The summed E-state index contributed by atoms with van der Waals surface area (Å²) in [5.74, 6) is -0.648. The van der Waals surface area contributed by atoms with Gasteiger partial charge in [0.15, 0.2) is 10.7 Å². The number of carbonyl (C=O) groups excluding carboxylic acids is 1. The zero-order chi connectivity index (χ0) is 17.2. The Labute approximate surface area is 144 Å². The summed E-state index contributed by atoms with van der Waals surface area (Å²) in [7, 11) is 1.44. The molecule has 1 amide bonds. The third kappa shape index (κ3) is 3.01. The van der Waals surface area contributed by atoms with Crippen LogP contribution in [0.2, 0.25) is 0 Å². The third-order valence-electron chi connectivity index (χ3n) is 4.46. The molecule has 1 aromatic heterocycles. The van der Waals surface area contributed by atoms with E-state index in [4.69, 9.17) is 4.74 Å². The van der Waals surface area contributed by atoms with E-state index in [2.05, 4.69) is 9.88 Å². The number of thiazole rings is 1. The summed E-state index contributed by atoms with van der Waals surface area (Å²) < 4.78 is 19.6. The summed E-state index contributed by atoms with van der Waals surface area (Å²) in [6, 6.07) is 6.26. The molecule has 2 aromatic rings. The van der Waals surface area contributed by atoms with Crippen LogP contribution in [0.25, 0.3) is 0 Å². The van der Waals surface area contributed by atoms with Crippen LogP contribution >= 0.6 is 11.3 Å². The van der Waals surface area contributed by atoms with E-state index in [1.807, 2.05) is 5.38 Å². The first kappa shape index (κ1) is 16.9. The second-order valence-corrected chi connectivity index (χ2v) is 6.68. The molecule has 1 atom stereocenters. The fraction of sp³-hybridized carbons (Fsp3) is 0.412. The summed E-state index contributed by atoms with van der Waals surface area (Å²) in [5.41, 5.74) is -1.06. The molecule has 1 aromatic carbocycles. The van der Waals surface area contributed by atoms with E-state index in [9.17, 15) is 9.18 Å². The van der Waals surface area contributed by atoms with Gasteiger partial charge in [0, 0.05) is 50.4 Å². The molecule has 1 fully saturated rings. The van der Waals surface area contributed by atoms with Crippen LogP contribution in [0.1, 0.15) is 12.5 Å². The van der Waals surface area contributed by atoms with Gasteiger partial charge < -0.3 is 14.5 Å². The summed E-state index contributed by atoms with van der Waals surface area (Å²) >= 11 is 1.59. The van der Waals surface area contributed by atoms with Crippen LogP contribution in [0.15, 0.2) is 35.8 Å². The van der Waals surface area contributed by atoms with Crippen LogP contribution < -0.4 is 4.90 Å². The molecule has 3 rings (SSSR count). The molecule has 24 heavy (non-hydrogen) atoms. The number of anilines is 1. The molecule has 0 radical (unpaired) electrons. The van der Waals surface area contributed by atoms with E-state index in [0.717, 1.165) is 5.13 Å². The Morgan fingerprint density at radius 1 is 1.29 bits per heavy atom. The molecule has 1 aliphatic rings. The van der Waals surface area contributed by atoms with Crippen LogP contribution in [0.5, 0.6) is 0 Å². The van der Waals surface area contributed by atoms with Crippen LogP contribution in [0, 0.1) is 5.82 Å². The van der Waals surface area contributed by atoms with Crippen molar-refractivity contribution < 1.29 is 13.9 Å². The van der Waals surface area contributed by atoms with Gasteiger partial charge >= 0.3 is 0 Å². The minimum atomic E-state index is -1.32. The fourth-order valence-corrected chi connectivity index (χ4v) is 3.63. The second kappa shape index (κ2) is 6.86. The lowest BCUT2D eigenvalue weighted by Gasteiger charge is -2.39. The Balaban J connectivity index is 1.75. The molecule has 1 aliphatic heterocycles. The Kier molecular flexibility index (Phi) is 4.82. The minimum Gasteiger partial charge on any atom is -0.364 e. The maximum absolute atomic E-state index is 14.2. The van der Waals surface area contributed by atoms with Crippen molar-refractivity contribution in [2.75, 3.05) is 38.2 Å². The SMILES string of the molecule is COC(C)(C(=O)N1CCN(c2nccs2)CC1)c1ccccc1F. The fourth-order valence-electron chi connectivity index (χ4n) is 2.94. The number of carbonyl (C=O) groups is 1. The largest absolute Gasteiger partial charge is 0.364 e. The molecule has 1 unspecified atom stereocenters. The van der Waals surface area contributed by atoms with Crippen molar-refractivity contribution in [3.05, 3.63) is 47.2 Å². The van der Waals surface area contributed by atoms with E-state index >= 15 is 0 Å². The number of nitrogens with zero attached hydrogens (tertiary/aromatic N) is 3. The molecule has 1 saturated heterocycles. The van der Waals surface area contributed by atoms with Crippen LogP contribution in [0.4, 0.5) is 9.52 Å². The number of hydrogen-bond acceptors (Lipinski definition) is 5. The highest BCUT2D eigenvalue weighted by Crippen LogP contribution is 2.30. The van der Waals surface area contributed by atoms with Crippen molar-refractivity contribution in [2.45, 2.75) is 12.5 Å². The van der Waals surface area contributed by atoms with Gasteiger partial charge in [0.25, 0.3) is 5.91 Å². The standard InChI is InChI=1S/C17H20FN3O2S/c1-17(23-2,13-5-3-4-6-14(13)18)15(22)20-8-10-21(11-9-20)16-19-7-12-24-16/h3-7,12H,8-11H2,1-2H3. The molecule has 0 bridgehead atoms. The number of rotatable bonds is 4. The van der Waals surface area contributed by atoms with Crippen LogP contribution in [-0.2, 0) is 15.1 Å². The van der Waals surface area contributed by atoms with Crippen molar-refractivity contribution in [2.24, 2.45) is 0 Å². The first-order valence-corrected chi connectivity index (χ1v) is 8.68. The quantitative estimate of drug-likeness (QED) is 0.851. The Morgan fingerprint density at radius 3 is 2.58 bits per heavy atom. The van der Waals surface area contributed by atoms with Gasteiger partial charge in [0.1, 0.15) is 5.82 Å². The number of ether oxygens (including phenoxy) is 1. The lowest BCUT2D eigenvalue weighted by Crippen LogP contribution is -2.54. The normalized spacial score (nSPS) is 17.6. The third-order valence-corrected chi connectivity index (χ3v) is 5.29. The molecular formula is C17H20FN3O2S. The monoisotopic (exact) mass is 349 g/mol. The van der Waals surface area contributed by atoms with Gasteiger partial charge in [-0.05, 0) is 13.0 Å². The van der Waals surface area contributed by atoms with Crippen molar-refractivity contribution in [1.82, 2.24) is 9.88 Å². The number of piperazine rings is 1. The lowest BCUT2D eigenvalue weighted by atomic mass is 9.93. The molecule has 2 heterocycles. The first-order chi connectivity index (χ1) is 11.6. The van der Waals surface area contributed by atoms with Gasteiger partial charge in [0.2, 0.25) is 0 Å². The zero-order valence-corrected chi connectivity index (χ0v) is 14.6. The molecule has 128 valence electrons. The zero-order valence-electron chi connectivity index (χ0n) is 13.7. The second-order valence-electron chi connectivity index (χ2n) is 5.81. The lowest BCUT2D eigenvalue weighted by molar-refractivity contribution is -0.155. The van der Waals surface area contributed by atoms with E-state index in [-0.39, 0.29) is 11.5 Å². The number of methoxy groups -OCH3 is 1. The summed E-state index contributed by atoms with van der Waals surface area (Å²) in [5, 5.41) is 2.90. The maximum Gasteiger partial charge on any atom is 0.259 e.